The average Bonchev–Trinajstić information content (AvgIpc) is 2.64. The van der Waals surface area contributed by atoms with Crippen molar-refractivity contribution in [3.05, 3.63) is 29.8 Å². The molecule has 20 heavy (non-hydrogen) atoms. The van der Waals surface area contributed by atoms with Gasteiger partial charge >= 0.3 is 0 Å². The van der Waals surface area contributed by atoms with Gasteiger partial charge in [0.25, 0.3) is 0 Å². The minimum absolute atomic E-state index is 0.0935. The molecule has 2 rings (SSSR count). The Hall–Kier alpha value is -0.950. The Morgan fingerprint density at radius 3 is 2.60 bits per heavy atom. The Bertz CT molecular complexity index is 539. The number of aliphatic hydroxyl groups is 1. The number of rotatable bonds is 3. The van der Waals surface area contributed by atoms with Crippen LogP contribution in [0.2, 0.25) is 0 Å². The maximum absolute atomic E-state index is 12.6. The van der Waals surface area contributed by atoms with Crippen molar-refractivity contribution in [2.75, 3.05) is 19.7 Å². The summed E-state index contributed by atoms with van der Waals surface area (Å²) in [4.78, 5) is 0.260. The highest BCUT2D eigenvalue weighted by atomic mass is 32.2. The third-order valence-electron chi connectivity index (χ3n) is 3.42. The predicted molar refractivity (Wildman–Crippen MR) is 75.9 cm³/mol. The second kappa shape index (κ2) is 6.22. The van der Waals surface area contributed by atoms with Gasteiger partial charge in [0.05, 0.1) is 17.1 Å². The third kappa shape index (κ3) is 3.38. The Labute approximate surface area is 120 Å². The highest BCUT2D eigenvalue weighted by molar-refractivity contribution is 7.89. The molecule has 112 valence electrons. The zero-order valence-electron chi connectivity index (χ0n) is 11.8. The largest absolute Gasteiger partial charge is 0.389 e. The first-order valence-corrected chi connectivity index (χ1v) is 8.25. The predicted octanol–water partition coefficient (Wildman–Crippen LogP) is 1.54. The standard InChI is InChI=1S/C14H21NO4S/c1-11-10-15(8-3-9-19-11)20(17,18)14-6-4-13(5-7-14)12(2)16/h4-7,11-12,16H,3,8-10H2,1-2H3. The van der Waals surface area contributed by atoms with Gasteiger partial charge in [0.1, 0.15) is 0 Å². The fraction of sp³-hybridized carbons (Fsp3) is 0.571. The van der Waals surface area contributed by atoms with Crippen molar-refractivity contribution < 1.29 is 18.3 Å². The van der Waals surface area contributed by atoms with Gasteiger partial charge < -0.3 is 9.84 Å². The van der Waals surface area contributed by atoms with Crippen LogP contribution in [-0.2, 0) is 14.8 Å². The number of benzene rings is 1. The molecule has 0 aromatic heterocycles. The summed E-state index contributed by atoms with van der Waals surface area (Å²) >= 11 is 0. The van der Waals surface area contributed by atoms with Crippen LogP contribution in [0.3, 0.4) is 0 Å². The Morgan fingerprint density at radius 2 is 2.00 bits per heavy atom. The fourth-order valence-corrected chi connectivity index (χ4v) is 3.80. The number of hydrogen-bond donors (Lipinski definition) is 1. The number of nitrogens with zero attached hydrogens (tertiary/aromatic N) is 1. The fourth-order valence-electron chi connectivity index (χ4n) is 2.24. The van der Waals surface area contributed by atoms with Gasteiger partial charge in [-0.25, -0.2) is 8.42 Å². The SMILES string of the molecule is CC1CN(S(=O)(=O)c2ccc(C(C)O)cc2)CCCO1. The van der Waals surface area contributed by atoms with Gasteiger partial charge in [0.15, 0.2) is 0 Å². The van der Waals surface area contributed by atoms with Crippen LogP contribution < -0.4 is 0 Å². The number of sulfonamides is 1. The van der Waals surface area contributed by atoms with Gasteiger partial charge in [0.2, 0.25) is 10.0 Å². The molecule has 2 unspecified atom stereocenters. The summed E-state index contributed by atoms with van der Waals surface area (Å²) in [6.45, 7) is 4.97. The van der Waals surface area contributed by atoms with Gasteiger partial charge in [-0.3, -0.25) is 0 Å². The summed E-state index contributed by atoms with van der Waals surface area (Å²) < 4.78 is 32.1. The molecule has 1 N–H and O–H groups in total. The molecule has 1 fully saturated rings. The first-order valence-electron chi connectivity index (χ1n) is 6.81. The maximum Gasteiger partial charge on any atom is 0.243 e. The molecule has 0 bridgehead atoms. The van der Waals surface area contributed by atoms with Crippen molar-refractivity contribution in [3.8, 4) is 0 Å². The zero-order valence-corrected chi connectivity index (χ0v) is 12.6. The minimum atomic E-state index is -3.49. The Kier molecular flexibility index (Phi) is 4.80. The van der Waals surface area contributed by atoms with E-state index in [4.69, 9.17) is 4.74 Å². The third-order valence-corrected chi connectivity index (χ3v) is 5.29. The molecule has 0 aliphatic carbocycles. The van der Waals surface area contributed by atoms with Crippen molar-refractivity contribution in [1.82, 2.24) is 4.31 Å². The molecule has 1 aliphatic heterocycles. The first kappa shape index (κ1) is 15.4. The summed E-state index contributed by atoms with van der Waals surface area (Å²) in [5.41, 5.74) is 0.705. The number of aliphatic hydroxyl groups excluding tert-OH is 1. The lowest BCUT2D eigenvalue weighted by atomic mass is 10.1. The highest BCUT2D eigenvalue weighted by Gasteiger charge is 2.27. The lowest BCUT2D eigenvalue weighted by Crippen LogP contribution is -2.35. The lowest BCUT2D eigenvalue weighted by molar-refractivity contribution is 0.0752. The number of ether oxygens (including phenoxy) is 1. The molecule has 2 atom stereocenters. The van der Waals surface area contributed by atoms with E-state index >= 15 is 0 Å². The normalized spacial score (nSPS) is 23.2. The van der Waals surface area contributed by atoms with Crippen molar-refractivity contribution in [3.63, 3.8) is 0 Å². The van der Waals surface area contributed by atoms with Crippen molar-refractivity contribution in [2.24, 2.45) is 0 Å². The van der Waals surface area contributed by atoms with E-state index in [-0.39, 0.29) is 11.0 Å². The molecular weight excluding hydrogens is 278 g/mol. The van der Waals surface area contributed by atoms with Crippen LogP contribution in [0.4, 0.5) is 0 Å². The van der Waals surface area contributed by atoms with E-state index in [1.54, 1.807) is 31.2 Å². The van der Waals surface area contributed by atoms with E-state index in [1.807, 2.05) is 6.92 Å². The van der Waals surface area contributed by atoms with E-state index in [0.29, 0.717) is 31.7 Å². The minimum Gasteiger partial charge on any atom is -0.389 e. The maximum atomic E-state index is 12.6. The van der Waals surface area contributed by atoms with Crippen LogP contribution >= 0.6 is 0 Å². The van der Waals surface area contributed by atoms with Crippen LogP contribution in [0.1, 0.15) is 31.9 Å². The van der Waals surface area contributed by atoms with Crippen molar-refractivity contribution in [2.45, 2.75) is 37.4 Å². The van der Waals surface area contributed by atoms with Crippen LogP contribution in [-0.4, -0.2) is 43.6 Å². The van der Waals surface area contributed by atoms with E-state index in [9.17, 15) is 13.5 Å². The second-order valence-electron chi connectivity index (χ2n) is 5.14. The number of hydrogen-bond acceptors (Lipinski definition) is 4. The molecule has 0 saturated carbocycles. The molecule has 1 aliphatic rings. The Morgan fingerprint density at radius 1 is 1.35 bits per heavy atom. The van der Waals surface area contributed by atoms with Gasteiger partial charge in [-0.05, 0) is 38.0 Å². The quantitative estimate of drug-likeness (QED) is 0.919. The molecule has 0 spiro atoms. The van der Waals surface area contributed by atoms with Crippen LogP contribution in [0.15, 0.2) is 29.2 Å². The van der Waals surface area contributed by atoms with E-state index in [1.165, 1.54) is 4.31 Å². The zero-order chi connectivity index (χ0) is 14.8. The molecule has 1 heterocycles. The monoisotopic (exact) mass is 299 g/mol. The summed E-state index contributed by atoms with van der Waals surface area (Å²) in [6, 6.07) is 6.40. The van der Waals surface area contributed by atoms with Gasteiger partial charge in [0, 0.05) is 19.7 Å². The summed E-state index contributed by atoms with van der Waals surface area (Å²) in [5.74, 6) is 0. The lowest BCUT2D eigenvalue weighted by Gasteiger charge is -2.21. The smallest absolute Gasteiger partial charge is 0.243 e. The van der Waals surface area contributed by atoms with Crippen LogP contribution in [0.5, 0.6) is 0 Å². The topological polar surface area (TPSA) is 66.8 Å². The second-order valence-corrected chi connectivity index (χ2v) is 7.08. The van der Waals surface area contributed by atoms with Crippen molar-refractivity contribution >= 4 is 10.0 Å². The highest BCUT2D eigenvalue weighted by Crippen LogP contribution is 2.21. The molecule has 1 aromatic rings. The molecule has 1 aromatic carbocycles. The van der Waals surface area contributed by atoms with Gasteiger partial charge in [-0.15, -0.1) is 0 Å². The van der Waals surface area contributed by atoms with Crippen molar-refractivity contribution in [1.29, 1.82) is 0 Å². The summed E-state index contributed by atoms with van der Waals surface area (Å²) in [6.07, 6.45) is 0.0115. The van der Waals surface area contributed by atoms with E-state index in [2.05, 4.69) is 0 Å². The van der Waals surface area contributed by atoms with Crippen LogP contribution in [0, 0.1) is 0 Å². The molecular formula is C14H21NO4S. The molecule has 1 saturated heterocycles. The molecule has 0 radical (unpaired) electrons. The van der Waals surface area contributed by atoms with E-state index in [0.717, 1.165) is 0 Å². The molecule has 6 heteroatoms. The Balaban J connectivity index is 2.24. The van der Waals surface area contributed by atoms with Gasteiger partial charge in [-0.2, -0.15) is 4.31 Å². The first-order chi connectivity index (χ1) is 9.41. The van der Waals surface area contributed by atoms with E-state index < -0.39 is 16.1 Å². The molecule has 5 nitrogen and oxygen atoms in total. The summed E-state index contributed by atoms with van der Waals surface area (Å²) in [5, 5.41) is 9.46. The summed E-state index contributed by atoms with van der Waals surface area (Å²) in [7, 11) is -3.49. The van der Waals surface area contributed by atoms with Gasteiger partial charge in [-0.1, -0.05) is 12.1 Å². The van der Waals surface area contributed by atoms with Crippen LogP contribution in [0.25, 0.3) is 0 Å². The average molecular weight is 299 g/mol. The molecule has 0 amide bonds.